The Hall–Kier alpha value is -1.72. The van der Waals surface area contributed by atoms with E-state index in [9.17, 15) is 9.59 Å². The molecule has 0 aromatic heterocycles. The number of amides is 1. The van der Waals surface area contributed by atoms with Gasteiger partial charge >= 0.3 is 0 Å². The van der Waals surface area contributed by atoms with Gasteiger partial charge in [-0.25, -0.2) is 0 Å². The monoisotopic (exact) mass is 405 g/mol. The summed E-state index contributed by atoms with van der Waals surface area (Å²) < 4.78 is 6.30. The summed E-state index contributed by atoms with van der Waals surface area (Å²) in [5.41, 5.74) is -1.41. The number of benzene rings is 2. The summed E-state index contributed by atoms with van der Waals surface area (Å²) in [6.45, 7) is 7.51. The van der Waals surface area contributed by atoms with E-state index in [4.69, 9.17) is 16.3 Å². The summed E-state index contributed by atoms with van der Waals surface area (Å²) in [5, 5.41) is 2.04. The smallest absolute Gasteiger partial charge is 0.227 e. The summed E-state index contributed by atoms with van der Waals surface area (Å²) in [7, 11) is 0. The fourth-order valence-corrected chi connectivity index (χ4v) is 4.39. The molecule has 3 unspecified atom stereocenters. The van der Waals surface area contributed by atoms with Crippen molar-refractivity contribution >= 4 is 45.2 Å². The van der Waals surface area contributed by atoms with Crippen LogP contribution in [0.15, 0.2) is 42.5 Å². The third kappa shape index (κ3) is 4.25. The molecule has 6 heteroatoms. The Morgan fingerprint density at radius 1 is 1.22 bits per heavy atom. The molecule has 0 N–H and O–H groups in total. The molecule has 3 atom stereocenters. The first-order valence-electron chi connectivity index (χ1n) is 8.99. The van der Waals surface area contributed by atoms with Gasteiger partial charge in [-0.2, -0.15) is 0 Å². The van der Waals surface area contributed by atoms with Gasteiger partial charge < -0.3 is 9.64 Å². The number of likely N-dealkylation sites (tertiary alicyclic amines) is 1. The van der Waals surface area contributed by atoms with Crippen molar-refractivity contribution in [2.75, 3.05) is 0 Å². The molecular formula is C21H24ClNO3S. The van der Waals surface area contributed by atoms with Crippen LogP contribution in [0.3, 0.4) is 0 Å². The van der Waals surface area contributed by atoms with Crippen LogP contribution in [0.25, 0.3) is 10.8 Å². The summed E-state index contributed by atoms with van der Waals surface area (Å²) in [6.07, 6.45) is 0.324. The van der Waals surface area contributed by atoms with Crippen molar-refractivity contribution < 1.29 is 14.3 Å². The Balaban J connectivity index is 1.91. The Kier molecular flexibility index (Phi) is 5.73. The predicted molar refractivity (Wildman–Crippen MR) is 111 cm³/mol. The first kappa shape index (κ1) is 20.0. The molecule has 0 spiro atoms. The summed E-state index contributed by atoms with van der Waals surface area (Å²) in [5.74, 6) is 0.677. The molecule has 0 saturated carbocycles. The summed E-state index contributed by atoms with van der Waals surface area (Å²) >= 11 is 7.36. The molecule has 1 heterocycles. The number of ether oxygens (including phenoxy) is 1. The standard InChI is InChI=1S/C21H24ClNO3S/c1-13(23-17(22)12-18(23)24)19(27-20(25)21(2,3)4)26-16-11-7-9-14-8-5-6-10-15(14)16/h5-11,13,17,19H,12H2,1-4H3. The number of halogens is 1. The second-order valence-electron chi connectivity index (χ2n) is 7.80. The zero-order chi connectivity index (χ0) is 19.8. The highest BCUT2D eigenvalue weighted by Gasteiger charge is 2.43. The van der Waals surface area contributed by atoms with E-state index in [2.05, 4.69) is 0 Å². The molecule has 1 aliphatic heterocycles. The van der Waals surface area contributed by atoms with Crippen LogP contribution < -0.4 is 4.74 Å². The number of hydrogen-bond acceptors (Lipinski definition) is 4. The van der Waals surface area contributed by atoms with E-state index in [1.165, 1.54) is 0 Å². The molecule has 0 bridgehead atoms. The average Bonchev–Trinajstić information content (AvgIpc) is 2.60. The van der Waals surface area contributed by atoms with Crippen LogP contribution in [-0.2, 0) is 9.59 Å². The number of rotatable bonds is 5. The number of carbonyl (C=O) groups is 2. The molecule has 4 nitrogen and oxygen atoms in total. The van der Waals surface area contributed by atoms with E-state index in [0.717, 1.165) is 22.5 Å². The zero-order valence-electron chi connectivity index (χ0n) is 15.9. The normalized spacial score (nSPS) is 19.5. The molecule has 0 radical (unpaired) electrons. The SMILES string of the molecule is CC(C(Oc1cccc2ccccc12)SC(=O)C(C)(C)C)N1C(=O)CC1Cl. The quantitative estimate of drug-likeness (QED) is 0.302. The van der Waals surface area contributed by atoms with Crippen molar-refractivity contribution in [3.8, 4) is 5.75 Å². The van der Waals surface area contributed by atoms with E-state index < -0.39 is 10.9 Å². The maximum Gasteiger partial charge on any atom is 0.227 e. The molecule has 0 aliphatic carbocycles. The molecule has 1 aliphatic rings. The largest absolute Gasteiger partial charge is 0.477 e. The number of alkyl halides is 1. The van der Waals surface area contributed by atoms with E-state index in [-0.39, 0.29) is 22.6 Å². The van der Waals surface area contributed by atoms with Crippen molar-refractivity contribution in [1.82, 2.24) is 4.90 Å². The Morgan fingerprint density at radius 3 is 2.52 bits per heavy atom. The molecule has 1 amide bonds. The predicted octanol–water partition coefficient (Wildman–Crippen LogP) is 5.04. The number of carbonyl (C=O) groups excluding carboxylic acids is 2. The lowest BCUT2D eigenvalue weighted by atomic mass is 10.00. The van der Waals surface area contributed by atoms with Gasteiger partial charge in [0, 0.05) is 10.8 Å². The van der Waals surface area contributed by atoms with Gasteiger partial charge in [0.15, 0.2) is 10.6 Å². The third-order valence-corrected chi connectivity index (χ3v) is 6.51. The molecule has 3 rings (SSSR count). The second-order valence-corrected chi connectivity index (χ2v) is 9.37. The van der Waals surface area contributed by atoms with Crippen molar-refractivity contribution in [3.63, 3.8) is 0 Å². The number of β-lactam (4-membered cyclic amide) rings is 1. The van der Waals surface area contributed by atoms with Crippen molar-refractivity contribution in [3.05, 3.63) is 42.5 Å². The molecule has 144 valence electrons. The lowest BCUT2D eigenvalue weighted by Gasteiger charge is -2.43. The highest BCUT2D eigenvalue weighted by molar-refractivity contribution is 8.14. The molecular weight excluding hydrogens is 382 g/mol. The maximum atomic E-state index is 12.7. The van der Waals surface area contributed by atoms with E-state index >= 15 is 0 Å². The lowest BCUT2D eigenvalue weighted by molar-refractivity contribution is -0.146. The maximum absolute atomic E-state index is 12.7. The van der Waals surface area contributed by atoms with Crippen LogP contribution in [-0.4, -0.2) is 32.9 Å². The average molecular weight is 406 g/mol. The van der Waals surface area contributed by atoms with Gasteiger partial charge in [0.2, 0.25) is 5.91 Å². The molecule has 2 aromatic carbocycles. The number of hydrogen-bond donors (Lipinski definition) is 0. The number of fused-ring (bicyclic) bond motifs is 1. The Morgan fingerprint density at radius 2 is 1.89 bits per heavy atom. The summed E-state index contributed by atoms with van der Waals surface area (Å²) in [6, 6.07) is 13.4. The molecule has 27 heavy (non-hydrogen) atoms. The van der Waals surface area contributed by atoms with Gasteiger partial charge in [0.1, 0.15) is 11.3 Å². The van der Waals surface area contributed by atoms with Gasteiger partial charge in [-0.3, -0.25) is 9.59 Å². The summed E-state index contributed by atoms with van der Waals surface area (Å²) in [4.78, 5) is 26.3. The van der Waals surface area contributed by atoms with E-state index in [1.54, 1.807) is 4.90 Å². The Bertz CT molecular complexity index is 859. The first-order chi connectivity index (χ1) is 12.7. The van der Waals surface area contributed by atoms with E-state index in [1.807, 2.05) is 70.2 Å². The minimum absolute atomic E-state index is 0.0127. The van der Waals surface area contributed by atoms with Crippen LogP contribution >= 0.6 is 23.4 Å². The van der Waals surface area contributed by atoms with Crippen molar-refractivity contribution in [2.45, 2.75) is 51.1 Å². The van der Waals surface area contributed by atoms with Crippen LogP contribution in [0.2, 0.25) is 0 Å². The molecule has 2 aromatic rings. The highest BCUT2D eigenvalue weighted by Crippen LogP contribution is 2.36. The van der Waals surface area contributed by atoms with Gasteiger partial charge in [-0.05, 0) is 30.1 Å². The highest BCUT2D eigenvalue weighted by atomic mass is 35.5. The van der Waals surface area contributed by atoms with E-state index in [0.29, 0.717) is 12.2 Å². The van der Waals surface area contributed by atoms with Gasteiger partial charge in [0.25, 0.3) is 0 Å². The number of nitrogens with zero attached hydrogens (tertiary/aromatic N) is 1. The minimum Gasteiger partial charge on any atom is -0.477 e. The number of thioether (sulfide) groups is 1. The topological polar surface area (TPSA) is 46.6 Å². The van der Waals surface area contributed by atoms with Crippen LogP contribution in [0.5, 0.6) is 5.75 Å². The van der Waals surface area contributed by atoms with Crippen molar-refractivity contribution in [2.24, 2.45) is 5.41 Å². The van der Waals surface area contributed by atoms with Crippen LogP contribution in [0.4, 0.5) is 0 Å². The van der Waals surface area contributed by atoms with Gasteiger partial charge in [0.05, 0.1) is 12.5 Å². The Labute approximate surface area is 169 Å². The van der Waals surface area contributed by atoms with Gasteiger partial charge in [-0.15, -0.1) is 0 Å². The molecule has 1 fully saturated rings. The second kappa shape index (κ2) is 7.72. The van der Waals surface area contributed by atoms with Crippen LogP contribution in [0, 0.1) is 5.41 Å². The van der Waals surface area contributed by atoms with Gasteiger partial charge in [-0.1, -0.05) is 68.8 Å². The fraction of sp³-hybridized carbons (Fsp3) is 0.429. The molecule has 1 saturated heterocycles. The third-order valence-electron chi connectivity index (χ3n) is 4.59. The fourth-order valence-electron chi connectivity index (χ4n) is 2.93. The van der Waals surface area contributed by atoms with Crippen molar-refractivity contribution in [1.29, 1.82) is 0 Å². The van der Waals surface area contributed by atoms with Crippen LogP contribution in [0.1, 0.15) is 34.1 Å². The lowest BCUT2D eigenvalue weighted by Crippen LogP contribution is -2.58. The zero-order valence-corrected chi connectivity index (χ0v) is 17.5. The minimum atomic E-state index is -0.548. The first-order valence-corrected chi connectivity index (χ1v) is 10.3.